The zero-order valence-electron chi connectivity index (χ0n) is 20.5. The smallest absolute Gasteiger partial charge is 0.410 e. The van der Waals surface area contributed by atoms with E-state index in [0.717, 1.165) is 35.4 Å². The molecule has 2 aliphatic heterocycles. The van der Waals surface area contributed by atoms with Crippen molar-refractivity contribution in [3.8, 4) is 5.69 Å². The Kier molecular flexibility index (Phi) is 5.24. The van der Waals surface area contributed by atoms with Gasteiger partial charge < -0.3 is 19.9 Å². The van der Waals surface area contributed by atoms with E-state index in [-0.39, 0.29) is 18.2 Å². The largest absolute Gasteiger partial charge is 0.444 e. The van der Waals surface area contributed by atoms with Crippen LogP contribution in [0.5, 0.6) is 0 Å². The Labute approximate surface area is 208 Å². The van der Waals surface area contributed by atoms with Crippen LogP contribution in [0.15, 0.2) is 61.2 Å². The number of ether oxygens (including phenoxy) is 1. The monoisotopic (exact) mass is 484 g/mol. The molecular formula is C26H28N8O2. The lowest BCUT2D eigenvalue weighted by atomic mass is 10.2. The number of piperazine rings is 1. The minimum atomic E-state index is -0.498. The summed E-state index contributed by atoms with van der Waals surface area (Å²) in [4.78, 5) is 29.9. The number of rotatable bonds is 4. The molecule has 2 unspecified atom stereocenters. The molecule has 1 aromatic carbocycles. The molecule has 0 spiro atoms. The van der Waals surface area contributed by atoms with Gasteiger partial charge in [-0.25, -0.2) is 19.4 Å². The maximum Gasteiger partial charge on any atom is 0.410 e. The fraction of sp³-hybridized carbons (Fsp3) is 0.346. The molecule has 2 saturated heterocycles. The zero-order chi connectivity index (χ0) is 24.9. The van der Waals surface area contributed by atoms with Gasteiger partial charge in [-0.05, 0) is 45.4 Å². The Morgan fingerprint density at radius 3 is 2.67 bits per heavy atom. The Hall–Kier alpha value is -4.21. The number of carbonyl (C=O) groups excluding carboxylic acids is 1. The average Bonchev–Trinajstić information content (AvgIpc) is 3.57. The number of fused-ring (bicyclic) bond motifs is 3. The van der Waals surface area contributed by atoms with Crippen LogP contribution in [-0.4, -0.2) is 66.5 Å². The number of aromatic nitrogens is 5. The zero-order valence-corrected chi connectivity index (χ0v) is 20.5. The van der Waals surface area contributed by atoms with E-state index < -0.39 is 5.60 Å². The molecule has 5 heterocycles. The molecule has 0 aliphatic carbocycles. The van der Waals surface area contributed by atoms with Crippen molar-refractivity contribution in [3.05, 3.63) is 61.2 Å². The highest BCUT2D eigenvalue weighted by Crippen LogP contribution is 2.36. The van der Waals surface area contributed by atoms with Crippen LogP contribution in [-0.2, 0) is 4.74 Å². The van der Waals surface area contributed by atoms with Crippen molar-refractivity contribution in [2.45, 2.75) is 44.9 Å². The van der Waals surface area contributed by atoms with Gasteiger partial charge in [-0.1, -0.05) is 12.1 Å². The van der Waals surface area contributed by atoms with Crippen LogP contribution in [0.4, 0.5) is 22.2 Å². The third kappa shape index (κ3) is 4.08. The molecule has 36 heavy (non-hydrogen) atoms. The number of amides is 1. The van der Waals surface area contributed by atoms with E-state index in [2.05, 4.69) is 31.2 Å². The number of pyridine rings is 1. The molecule has 6 rings (SSSR count). The van der Waals surface area contributed by atoms with Crippen LogP contribution >= 0.6 is 0 Å². The molecule has 2 fully saturated rings. The van der Waals surface area contributed by atoms with E-state index in [9.17, 15) is 4.79 Å². The van der Waals surface area contributed by atoms with Crippen LogP contribution in [0.2, 0.25) is 0 Å². The second-order valence-corrected chi connectivity index (χ2v) is 10.2. The minimum Gasteiger partial charge on any atom is -0.444 e. The summed E-state index contributed by atoms with van der Waals surface area (Å²) < 4.78 is 7.52. The predicted molar refractivity (Wildman–Crippen MR) is 137 cm³/mol. The van der Waals surface area contributed by atoms with Crippen molar-refractivity contribution in [1.82, 2.24) is 29.6 Å². The summed E-state index contributed by atoms with van der Waals surface area (Å²) >= 11 is 0. The summed E-state index contributed by atoms with van der Waals surface area (Å²) in [6, 6.07) is 12.4. The highest BCUT2D eigenvalue weighted by atomic mass is 16.6. The molecule has 10 nitrogen and oxygen atoms in total. The molecule has 2 atom stereocenters. The van der Waals surface area contributed by atoms with Gasteiger partial charge >= 0.3 is 6.09 Å². The Morgan fingerprint density at radius 1 is 1.06 bits per heavy atom. The number of anilines is 3. The van der Waals surface area contributed by atoms with Gasteiger partial charge in [0.2, 0.25) is 0 Å². The topological polar surface area (TPSA) is 101 Å². The summed E-state index contributed by atoms with van der Waals surface area (Å²) in [6.07, 6.45) is 7.45. The predicted octanol–water partition coefficient (Wildman–Crippen LogP) is 4.15. The van der Waals surface area contributed by atoms with Crippen molar-refractivity contribution in [1.29, 1.82) is 0 Å². The molecular weight excluding hydrogens is 456 g/mol. The van der Waals surface area contributed by atoms with Crippen molar-refractivity contribution < 1.29 is 9.53 Å². The maximum absolute atomic E-state index is 12.6. The maximum atomic E-state index is 12.6. The van der Waals surface area contributed by atoms with Gasteiger partial charge in [-0.2, -0.15) is 0 Å². The van der Waals surface area contributed by atoms with Gasteiger partial charge in [0.25, 0.3) is 0 Å². The molecule has 10 heteroatoms. The fourth-order valence-electron chi connectivity index (χ4n) is 5.03. The van der Waals surface area contributed by atoms with E-state index in [1.165, 1.54) is 0 Å². The van der Waals surface area contributed by atoms with Gasteiger partial charge in [-0.3, -0.25) is 4.98 Å². The second kappa shape index (κ2) is 8.47. The van der Waals surface area contributed by atoms with Crippen molar-refractivity contribution in [2.24, 2.45) is 0 Å². The number of nitrogens with one attached hydrogen (secondary N) is 1. The SMILES string of the molecule is CC(C)(C)OC(=O)N1CC2CC1CN2c1cc(-n2nc(Nc3cnccn3)c3ccccc32)ccn1. The van der Waals surface area contributed by atoms with Gasteiger partial charge in [0.1, 0.15) is 17.2 Å². The third-order valence-corrected chi connectivity index (χ3v) is 6.53. The summed E-state index contributed by atoms with van der Waals surface area (Å²) in [6.45, 7) is 7.07. The summed E-state index contributed by atoms with van der Waals surface area (Å²) in [5.41, 5.74) is 1.39. The number of para-hydroxylation sites is 1. The van der Waals surface area contributed by atoms with E-state index in [1.807, 2.05) is 66.9 Å². The Morgan fingerprint density at radius 2 is 1.92 bits per heavy atom. The van der Waals surface area contributed by atoms with E-state index in [4.69, 9.17) is 9.84 Å². The molecule has 0 saturated carbocycles. The van der Waals surface area contributed by atoms with E-state index >= 15 is 0 Å². The minimum absolute atomic E-state index is 0.128. The van der Waals surface area contributed by atoms with Crippen molar-refractivity contribution >= 4 is 34.4 Å². The van der Waals surface area contributed by atoms with E-state index in [1.54, 1.807) is 18.6 Å². The lowest BCUT2D eigenvalue weighted by molar-refractivity contribution is 0.0214. The number of hydrogen-bond donors (Lipinski definition) is 1. The Bertz CT molecular complexity index is 1410. The van der Waals surface area contributed by atoms with Crippen LogP contribution < -0.4 is 10.2 Å². The van der Waals surface area contributed by atoms with Gasteiger partial charge in [0.15, 0.2) is 5.82 Å². The number of nitrogens with zero attached hydrogens (tertiary/aromatic N) is 7. The van der Waals surface area contributed by atoms with Gasteiger partial charge in [0.05, 0.1) is 29.5 Å². The molecule has 3 aromatic heterocycles. The number of hydrogen-bond acceptors (Lipinski definition) is 8. The van der Waals surface area contributed by atoms with Crippen molar-refractivity contribution in [2.75, 3.05) is 23.3 Å². The molecule has 0 radical (unpaired) electrons. The first-order valence-corrected chi connectivity index (χ1v) is 12.1. The highest BCUT2D eigenvalue weighted by molar-refractivity contribution is 5.92. The molecule has 2 bridgehead atoms. The summed E-state index contributed by atoms with van der Waals surface area (Å²) in [7, 11) is 0. The van der Waals surface area contributed by atoms with Crippen molar-refractivity contribution in [3.63, 3.8) is 0 Å². The highest BCUT2D eigenvalue weighted by Gasteiger charge is 2.47. The number of benzene rings is 1. The number of likely N-dealkylation sites (tertiary alicyclic amines) is 1. The van der Waals surface area contributed by atoms with Crippen LogP contribution in [0.3, 0.4) is 0 Å². The quantitative estimate of drug-likeness (QED) is 0.461. The average molecular weight is 485 g/mol. The fourth-order valence-corrected chi connectivity index (χ4v) is 5.03. The Balaban J connectivity index is 1.26. The van der Waals surface area contributed by atoms with Gasteiger partial charge in [0, 0.05) is 43.1 Å². The summed E-state index contributed by atoms with van der Waals surface area (Å²) in [5.74, 6) is 2.22. The first-order chi connectivity index (χ1) is 17.4. The normalized spacial score (nSPS) is 19.2. The molecule has 184 valence electrons. The molecule has 1 N–H and O–H groups in total. The van der Waals surface area contributed by atoms with Gasteiger partial charge in [-0.15, -0.1) is 5.10 Å². The van der Waals surface area contributed by atoms with Crippen LogP contribution in [0.1, 0.15) is 27.2 Å². The lowest BCUT2D eigenvalue weighted by Gasteiger charge is -2.35. The standard InChI is InChI=1S/C26H28N8O2/c1-26(2,3)36-25(35)33-16-18-12-19(33)15-32(18)23-13-17(8-9-29-23)34-21-7-5-4-6-20(21)24(31-34)30-22-14-27-10-11-28-22/h4-11,13-14,18-19H,12,15-16H2,1-3H3,(H,28,30,31). The first-order valence-electron chi connectivity index (χ1n) is 12.1. The number of carbonyl (C=O) groups is 1. The molecule has 4 aromatic rings. The summed E-state index contributed by atoms with van der Waals surface area (Å²) in [5, 5.41) is 9.12. The van der Waals surface area contributed by atoms with Crippen LogP contribution in [0.25, 0.3) is 16.6 Å². The van der Waals surface area contributed by atoms with E-state index in [0.29, 0.717) is 18.2 Å². The first kappa shape index (κ1) is 22.3. The van der Waals surface area contributed by atoms with Crippen LogP contribution in [0, 0.1) is 0 Å². The third-order valence-electron chi connectivity index (χ3n) is 6.53. The molecule has 2 aliphatic rings. The molecule has 1 amide bonds. The lowest BCUT2D eigenvalue weighted by Crippen LogP contribution is -2.50. The second-order valence-electron chi connectivity index (χ2n) is 10.2.